The maximum atomic E-state index is 13.1. The Labute approximate surface area is 233 Å². The number of carbonyl (C=O) groups is 4. The van der Waals surface area contributed by atoms with Gasteiger partial charge in [-0.2, -0.15) is 0 Å². The third-order valence-corrected chi connectivity index (χ3v) is 6.49. The standard InChI is InChI=1S/C27H20Cl3N3O5/c1-2-12-38-27(37)15-6-9-19(10-7-15)33-25(35)22(30)23(26(33)36)31-17-5-3-4-16(13-17)24(34)32-18-8-11-20(28)21(29)14-18/h3-11,13-14,31H,2,12H2,1H3,(H,32,34). The molecule has 38 heavy (non-hydrogen) atoms. The first kappa shape index (κ1) is 27.2. The van der Waals surface area contributed by atoms with Crippen LogP contribution in [0.2, 0.25) is 10.0 Å². The molecule has 2 N–H and O–H groups in total. The van der Waals surface area contributed by atoms with Crippen molar-refractivity contribution in [3.8, 4) is 0 Å². The summed E-state index contributed by atoms with van der Waals surface area (Å²) in [6.07, 6.45) is 0.686. The van der Waals surface area contributed by atoms with E-state index in [1.165, 1.54) is 36.4 Å². The fourth-order valence-corrected chi connectivity index (χ4v) is 4.04. The number of ether oxygens (including phenoxy) is 1. The molecule has 0 spiro atoms. The first-order chi connectivity index (χ1) is 18.2. The zero-order valence-electron chi connectivity index (χ0n) is 19.9. The topological polar surface area (TPSA) is 105 Å². The van der Waals surface area contributed by atoms with Gasteiger partial charge in [0.05, 0.1) is 27.9 Å². The molecule has 3 aromatic rings. The molecule has 3 amide bonds. The van der Waals surface area contributed by atoms with Gasteiger partial charge in [0.1, 0.15) is 10.7 Å². The van der Waals surface area contributed by atoms with E-state index in [4.69, 9.17) is 39.5 Å². The molecule has 1 aliphatic rings. The molecule has 1 aliphatic heterocycles. The lowest BCUT2D eigenvalue weighted by Gasteiger charge is -2.15. The molecule has 0 aliphatic carbocycles. The van der Waals surface area contributed by atoms with Crippen LogP contribution in [-0.2, 0) is 14.3 Å². The average molecular weight is 573 g/mol. The monoisotopic (exact) mass is 571 g/mol. The molecule has 1 heterocycles. The summed E-state index contributed by atoms with van der Waals surface area (Å²) in [5.74, 6) is -2.35. The number of benzene rings is 3. The van der Waals surface area contributed by atoms with Gasteiger partial charge in [0, 0.05) is 16.9 Å². The lowest BCUT2D eigenvalue weighted by atomic mass is 10.1. The summed E-state index contributed by atoms with van der Waals surface area (Å²) in [4.78, 5) is 51.6. The number of amides is 3. The number of nitrogens with one attached hydrogen (secondary N) is 2. The molecule has 11 heteroatoms. The van der Waals surface area contributed by atoms with Gasteiger partial charge < -0.3 is 15.4 Å². The minimum Gasteiger partial charge on any atom is -0.462 e. The third kappa shape index (κ3) is 5.83. The molecule has 8 nitrogen and oxygen atoms in total. The van der Waals surface area contributed by atoms with Crippen molar-refractivity contribution in [1.29, 1.82) is 0 Å². The number of anilines is 3. The summed E-state index contributed by atoms with van der Waals surface area (Å²) < 4.78 is 5.09. The molecule has 3 aromatic carbocycles. The van der Waals surface area contributed by atoms with Crippen LogP contribution in [0.4, 0.5) is 17.1 Å². The van der Waals surface area contributed by atoms with Gasteiger partial charge in [0.15, 0.2) is 0 Å². The van der Waals surface area contributed by atoms with Crippen LogP contribution in [-0.4, -0.2) is 30.3 Å². The summed E-state index contributed by atoms with van der Waals surface area (Å²) in [6, 6.07) is 16.8. The van der Waals surface area contributed by atoms with E-state index in [1.807, 2.05) is 6.92 Å². The molecular formula is C27H20Cl3N3O5. The van der Waals surface area contributed by atoms with Gasteiger partial charge in [0.25, 0.3) is 17.7 Å². The van der Waals surface area contributed by atoms with E-state index in [9.17, 15) is 19.2 Å². The summed E-state index contributed by atoms with van der Waals surface area (Å²) in [7, 11) is 0. The van der Waals surface area contributed by atoms with Crippen LogP contribution in [0.1, 0.15) is 34.1 Å². The molecule has 0 bridgehead atoms. The van der Waals surface area contributed by atoms with Crippen LogP contribution in [0.25, 0.3) is 0 Å². The fraction of sp³-hybridized carbons (Fsp3) is 0.111. The van der Waals surface area contributed by atoms with Crippen LogP contribution in [0.15, 0.2) is 77.5 Å². The second-order valence-electron chi connectivity index (χ2n) is 8.11. The average Bonchev–Trinajstić information content (AvgIpc) is 3.12. The smallest absolute Gasteiger partial charge is 0.338 e. The number of nitrogens with zero attached hydrogens (tertiary/aromatic N) is 1. The molecule has 0 radical (unpaired) electrons. The second kappa shape index (κ2) is 11.7. The zero-order chi connectivity index (χ0) is 27.4. The number of hydrogen-bond acceptors (Lipinski definition) is 6. The normalized spacial score (nSPS) is 13.1. The van der Waals surface area contributed by atoms with E-state index >= 15 is 0 Å². The van der Waals surface area contributed by atoms with Crippen molar-refractivity contribution in [1.82, 2.24) is 0 Å². The van der Waals surface area contributed by atoms with E-state index in [0.717, 1.165) is 4.90 Å². The van der Waals surface area contributed by atoms with E-state index in [2.05, 4.69) is 10.6 Å². The van der Waals surface area contributed by atoms with E-state index in [0.29, 0.717) is 27.8 Å². The minimum atomic E-state index is -0.728. The zero-order valence-corrected chi connectivity index (χ0v) is 22.2. The highest BCUT2D eigenvalue weighted by molar-refractivity contribution is 6.53. The van der Waals surface area contributed by atoms with Crippen LogP contribution < -0.4 is 15.5 Å². The highest BCUT2D eigenvalue weighted by Crippen LogP contribution is 2.31. The van der Waals surface area contributed by atoms with Gasteiger partial charge in [-0.25, -0.2) is 9.69 Å². The van der Waals surface area contributed by atoms with E-state index in [1.54, 1.807) is 30.3 Å². The van der Waals surface area contributed by atoms with Gasteiger partial charge in [-0.15, -0.1) is 0 Å². The third-order valence-electron chi connectivity index (χ3n) is 5.40. The van der Waals surface area contributed by atoms with Crippen molar-refractivity contribution in [2.75, 3.05) is 22.1 Å². The van der Waals surface area contributed by atoms with Crippen LogP contribution in [0, 0.1) is 0 Å². The molecule has 0 atom stereocenters. The minimum absolute atomic E-state index is 0.148. The van der Waals surface area contributed by atoms with Crippen molar-refractivity contribution in [2.24, 2.45) is 0 Å². The summed E-state index contributed by atoms with van der Waals surface area (Å²) >= 11 is 18.1. The molecule has 0 aromatic heterocycles. The first-order valence-electron chi connectivity index (χ1n) is 11.4. The van der Waals surface area contributed by atoms with Gasteiger partial charge in [-0.3, -0.25) is 14.4 Å². The Balaban J connectivity index is 1.48. The van der Waals surface area contributed by atoms with Gasteiger partial charge in [-0.1, -0.05) is 47.8 Å². The SMILES string of the molecule is CCCOC(=O)c1ccc(N2C(=O)C(Cl)=C(Nc3cccc(C(=O)Nc4ccc(Cl)c(Cl)c4)c3)C2=O)cc1. The predicted octanol–water partition coefficient (Wildman–Crippen LogP) is 6.25. The van der Waals surface area contributed by atoms with Gasteiger partial charge in [-0.05, 0) is 67.1 Å². The molecule has 4 rings (SSSR count). The number of rotatable bonds is 8. The number of imide groups is 1. The quantitative estimate of drug-likeness (QED) is 0.244. The number of carbonyl (C=O) groups excluding carboxylic acids is 4. The predicted molar refractivity (Wildman–Crippen MR) is 147 cm³/mol. The Bertz CT molecular complexity index is 1470. The van der Waals surface area contributed by atoms with Gasteiger partial charge in [0.2, 0.25) is 0 Å². The molecule has 194 valence electrons. The highest BCUT2D eigenvalue weighted by atomic mass is 35.5. The summed E-state index contributed by atoms with van der Waals surface area (Å²) in [5, 5.41) is 5.89. The number of halogens is 3. The summed E-state index contributed by atoms with van der Waals surface area (Å²) in [6.45, 7) is 2.17. The number of esters is 1. The van der Waals surface area contributed by atoms with E-state index in [-0.39, 0.29) is 34.2 Å². The van der Waals surface area contributed by atoms with Crippen LogP contribution >= 0.6 is 34.8 Å². The maximum absolute atomic E-state index is 13.1. The lowest BCUT2D eigenvalue weighted by molar-refractivity contribution is -0.120. The second-order valence-corrected chi connectivity index (χ2v) is 9.30. The van der Waals surface area contributed by atoms with E-state index < -0.39 is 23.7 Å². The molecule has 0 unspecified atom stereocenters. The Kier molecular flexibility index (Phi) is 8.36. The van der Waals surface area contributed by atoms with Crippen molar-refractivity contribution in [3.63, 3.8) is 0 Å². The summed E-state index contributed by atoms with van der Waals surface area (Å²) in [5.41, 5.74) is 1.45. The molecular weight excluding hydrogens is 553 g/mol. The Morgan fingerprint density at radius 2 is 1.58 bits per heavy atom. The fourth-order valence-electron chi connectivity index (χ4n) is 3.53. The largest absolute Gasteiger partial charge is 0.462 e. The first-order valence-corrected chi connectivity index (χ1v) is 12.5. The maximum Gasteiger partial charge on any atom is 0.338 e. The van der Waals surface area contributed by atoms with Crippen molar-refractivity contribution in [3.05, 3.63) is 98.6 Å². The highest BCUT2D eigenvalue weighted by Gasteiger charge is 2.39. The Morgan fingerprint density at radius 1 is 0.842 bits per heavy atom. The van der Waals surface area contributed by atoms with Crippen molar-refractivity contribution < 1.29 is 23.9 Å². The van der Waals surface area contributed by atoms with Gasteiger partial charge >= 0.3 is 5.97 Å². The number of hydrogen-bond donors (Lipinski definition) is 2. The van der Waals surface area contributed by atoms with Crippen LogP contribution in [0.3, 0.4) is 0 Å². The molecule has 0 saturated heterocycles. The Morgan fingerprint density at radius 3 is 2.26 bits per heavy atom. The molecule has 0 saturated carbocycles. The Hall–Kier alpha value is -3.85. The van der Waals surface area contributed by atoms with Crippen LogP contribution in [0.5, 0.6) is 0 Å². The van der Waals surface area contributed by atoms with Crippen molar-refractivity contribution >= 4 is 75.6 Å². The molecule has 0 fully saturated rings. The van der Waals surface area contributed by atoms with Crippen molar-refractivity contribution in [2.45, 2.75) is 13.3 Å². The lowest BCUT2D eigenvalue weighted by Crippen LogP contribution is -2.32.